The highest BCUT2D eigenvalue weighted by molar-refractivity contribution is 5.97. The minimum absolute atomic E-state index is 0.0674. The molecule has 3 N–H and O–H groups in total. The Morgan fingerprint density at radius 1 is 1.14 bits per heavy atom. The van der Waals surface area contributed by atoms with Crippen LogP contribution in [0.1, 0.15) is 56.3 Å². The molecule has 5 nitrogen and oxygen atoms in total. The van der Waals surface area contributed by atoms with E-state index in [1.165, 1.54) is 19.3 Å². The van der Waals surface area contributed by atoms with Crippen molar-refractivity contribution in [2.24, 2.45) is 0 Å². The largest absolute Gasteiger partial charge is 0.349 e. The van der Waals surface area contributed by atoms with Gasteiger partial charge in [0.15, 0.2) is 0 Å². The number of urea groups is 1. The molecule has 0 heterocycles. The van der Waals surface area contributed by atoms with Crippen molar-refractivity contribution in [3.8, 4) is 0 Å². The number of carbonyl (C=O) groups is 2. The van der Waals surface area contributed by atoms with Gasteiger partial charge in [0.1, 0.15) is 0 Å². The molecule has 22 heavy (non-hydrogen) atoms. The van der Waals surface area contributed by atoms with Gasteiger partial charge in [-0.25, -0.2) is 4.79 Å². The zero-order valence-electron chi connectivity index (χ0n) is 13.3. The summed E-state index contributed by atoms with van der Waals surface area (Å²) >= 11 is 0. The van der Waals surface area contributed by atoms with Crippen LogP contribution >= 0.6 is 0 Å². The Bertz CT molecular complexity index is 522. The van der Waals surface area contributed by atoms with Crippen LogP contribution in [0.2, 0.25) is 0 Å². The summed E-state index contributed by atoms with van der Waals surface area (Å²) in [6, 6.07) is 7.11. The Morgan fingerprint density at radius 3 is 2.55 bits per heavy atom. The van der Waals surface area contributed by atoms with Crippen LogP contribution in [0, 0.1) is 0 Å². The van der Waals surface area contributed by atoms with Gasteiger partial charge in [-0.1, -0.05) is 25.3 Å². The van der Waals surface area contributed by atoms with Gasteiger partial charge in [0.05, 0.1) is 0 Å². The van der Waals surface area contributed by atoms with Gasteiger partial charge >= 0.3 is 6.03 Å². The monoisotopic (exact) mass is 303 g/mol. The Balaban J connectivity index is 1.95. The van der Waals surface area contributed by atoms with Gasteiger partial charge in [-0.2, -0.15) is 0 Å². The first-order valence-corrected chi connectivity index (χ1v) is 8.03. The fraction of sp³-hybridized carbons (Fsp3) is 0.529. The second-order valence-corrected chi connectivity index (χ2v) is 6.14. The van der Waals surface area contributed by atoms with E-state index in [-0.39, 0.29) is 24.0 Å². The maximum atomic E-state index is 12.3. The van der Waals surface area contributed by atoms with Crippen LogP contribution in [-0.4, -0.2) is 24.0 Å². The van der Waals surface area contributed by atoms with Crippen molar-refractivity contribution >= 4 is 17.6 Å². The first-order valence-electron chi connectivity index (χ1n) is 8.03. The van der Waals surface area contributed by atoms with Crippen LogP contribution in [0.4, 0.5) is 10.5 Å². The summed E-state index contributed by atoms with van der Waals surface area (Å²) in [5.74, 6) is -0.0696. The summed E-state index contributed by atoms with van der Waals surface area (Å²) in [5.41, 5.74) is 1.20. The average Bonchev–Trinajstić information content (AvgIpc) is 2.47. The summed E-state index contributed by atoms with van der Waals surface area (Å²) in [4.78, 5) is 24.0. The van der Waals surface area contributed by atoms with E-state index in [9.17, 15) is 9.59 Å². The molecule has 2 rings (SSSR count). The van der Waals surface area contributed by atoms with E-state index >= 15 is 0 Å². The molecular formula is C17H25N3O2. The molecule has 1 aliphatic carbocycles. The number of hydrogen-bond donors (Lipinski definition) is 3. The fourth-order valence-electron chi connectivity index (χ4n) is 2.68. The molecule has 5 heteroatoms. The molecule has 0 unspecified atom stereocenters. The molecule has 0 saturated heterocycles. The molecule has 0 spiro atoms. The maximum Gasteiger partial charge on any atom is 0.319 e. The van der Waals surface area contributed by atoms with Crippen LogP contribution in [0.3, 0.4) is 0 Å². The van der Waals surface area contributed by atoms with E-state index in [1.54, 1.807) is 24.3 Å². The quantitative estimate of drug-likeness (QED) is 0.799. The van der Waals surface area contributed by atoms with Crippen LogP contribution in [-0.2, 0) is 0 Å². The first-order chi connectivity index (χ1) is 10.5. The number of nitrogens with one attached hydrogen (secondary N) is 3. The van der Waals surface area contributed by atoms with Crippen LogP contribution in [0.15, 0.2) is 24.3 Å². The zero-order chi connectivity index (χ0) is 15.9. The lowest BCUT2D eigenvalue weighted by Crippen LogP contribution is -2.36. The molecule has 3 amide bonds. The number of amides is 3. The second kappa shape index (κ2) is 7.82. The SMILES string of the molecule is CC(C)NC(=O)Nc1cccc(C(=O)NC2CCCCC2)c1. The van der Waals surface area contributed by atoms with Gasteiger partial charge < -0.3 is 16.0 Å². The van der Waals surface area contributed by atoms with Crippen LogP contribution in [0.25, 0.3) is 0 Å². The molecular weight excluding hydrogens is 278 g/mol. The molecule has 1 aromatic rings. The predicted molar refractivity (Wildman–Crippen MR) is 88.1 cm³/mol. The van der Waals surface area contributed by atoms with Gasteiger partial charge in [-0.3, -0.25) is 4.79 Å². The van der Waals surface area contributed by atoms with E-state index in [0.717, 1.165) is 12.8 Å². The van der Waals surface area contributed by atoms with Crippen molar-refractivity contribution in [3.05, 3.63) is 29.8 Å². The molecule has 1 aromatic carbocycles. The van der Waals surface area contributed by atoms with Crippen molar-refractivity contribution < 1.29 is 9.59 Å². The molecule has 1 fully saturated rings. The predicted octanol–water partition coefficient (Wildman–Crippen LogP) is 3.28. The molecule has 0 atom stereocenters. The van der Waals surface area contributed by atoms with Gasteiger partial charge in [-0.05, 0) is 44.9 Å². The average molecular weight is 303 g/mol. The number of rotatable bonds is 4. The van der Waals surface area contributed by atoms with Crippen molar-refractivity contribution in [3.63, 3.8) is 0 Å². The number of carbonyl (C=O) groups excluding carboxylic acids is 2. The molecule has 120 valence electrons. The van der Waals surface area contributed by atoms with E-state index in [0.29, 0.717) is 11.3 Å². The number of benzene rings is 1. The lowest BCUT2D eigenvalue weighted by molar-refractivity contribution is 0.0927. The van der Waals surface area contributed by atoms with E-state index in [1.807, 2.05) is 13.8 Å². The number of anilines is 1. The van der Waals surface area contributed by atoms with E-state index < -0.39 is 0 Å². The first kappa shape index (κ1) is 16.3. The van der Waals surface area contributed by atoms with Gasteiger partial charge in [0, 0.05) is 23.3 Å². The summed E-state index contributed by atoms with van der Waals surface area (Å²) in [6.45, 7) is 3.79. The third-order valence-corrected chi connectivity index (χ3v) is 3.74. The van der Waals surface area contributed by atoms with Crippen molar-refractivity contribution in [2.75, 3.05) is 5.32 Å². The van der Waals surface area contributed by atoms with Crippen molar-refractivity contribution in [1.29, 1.82) is 0 Å². The minimum Gasteiger partial charge on any atom is -0.349 e. The standard InChI is InChI=1S/C17H25N3O2/c1-12(2)18-17(22)20-15-10-6-7-13(11-15)16(21)19-14-8-4-3-5-9-14/h6-7,10-12,14H,3-5,8-9H2,1-2H3,(H,19,21)(H2,18,20,22). The highest BCUT2D eigenvalue weighted by Gasteiger charge is 2.16. The van der Waals surface area contributed by atoms with Gasteiger partial charge in [0.25, 0.3) is 5.91 Å². The Labute approximate surface area is 131 Å². The van der Waals surface area contributed by atoms with Crippen molar-refractivity contribution in [2.45, 2.75) is 58.0 Å². The van der Waals surface area contributed by atoms with E-state index in [4.69, 9.17) is 0 Å². The molecule has 0 radical (unpaired) electrons. The highest BCUT2D eigenvalue weighted by Crippen LogP contribution is 2.18. The topological polar surface area (TPSA) is 70.2 Å². The molecule has 0 aromatic heterocycles. The summed E-state index contributed by atoms with van der Waals surface area (Å²) in [7, 11) is 0. The molecule has 1 saturated carbocycles. The lowest BCUT2D eigenvalue weighted by Gasteiger charge is -2.22. The maximum absolute atomic E-state index is 12.3. The normalized spacial score (nSPS) is 15.4. The number of hydrogen-bond acceptors (Lipinski definition) is 2. The Kier molecular flexibility index (Phi) is 5.81. The highest BCUT2D eigenvalue weighted by atomic mass is 16.2. The third kappa shape index (κ3) is 5.06. The van der Waals surface area contributed by atoms with E-state index in [2.05, 4.69) is 16.0 Å². The summed E-state index contributed by atoms with van der Waals surface area (Å²) < 4.78 is 0. The second-order valence-electron chi connectivity index (χ2n) is 6.14. The van der Waals surface area contributed by atoms with Gasteiger partial charge in [0.2, 0.25) is 0 Å². The molecule has 0 aliphatic heterocycles. The molecule has 1 aliphatic rings. The smallest absolute Gasteiger partial charge is 0.319 e. The molecule has 0 bridgehead atoms. The van der Waals surface area contributed by atoms with Crippen LogP contribution in [0.5, 0.6) is 0 Å². The summed E-state index contributed by atoms with van der Waals surface area (Å²) in [6.07, 6.45) is 5.74. The lowest BCUT2D eigenvalue weighted by atomic mass is 9.95. The third-order valence-electron chi connectivity index (χ3n) is 3.74. The van der Waals surface area contributed by atoms with Gasteiger partial charge in [-0.15, -0.1) is 0 Å². The minimum atomic E-state index is -0.264. The Hall–Kier alpha value is -2.04. The van der Waals surface area contributed by atoms with Crippen LogP contribution < -0.4 is 16.0 Å². The fourth-order valence-corrected chi connectivity index (χ4v) is 2.68. The van der Waals surface area contributed by atoms with Crippen molar-refractivity contribution in [1.82, 2.24) is 10.6 Å². The zero-order valence-corrected chi connectivity index (χ0v) is 13.3. The summed E-state index contributed by atoms with van der Waals surface area (Å²) in [5, 5.41) is 8.58. The Morgan fingerprint density at radius 2 is 1.86 bits per heavy atom.